The highest BCUT2D eigenvalue weighted by atomic mass is 31.2. The van der Waals surface area contributed by atoms with Gasteiger partial charge in [0.15, 0.2) is 12.2 Å². The fourth-order valence-electron chi connectivity index (χ4n) is 13.4. The predicted octanol–water partition coefficient (Wildman–Crippen LogP) is 26.2. The Balaban J connectivity index is 5.23. The monoisotopic (exact) mass is 1540 g/mol. The van der Waals surface area contributed by atoms with Crippen LogP contribution in [0.4, 0.5) is 0 Å². The highest BCUT2D eigenvalue weighted by molar-refractivity contribution is 7.47. The molecule has 0 radical (unpaired) electrons. The lowest BCUT2D eigenvalue weighted by Gasteiger charge is -2.21. The summed E-state index contributed by atoms with van der Waals surface area (Å²) in [5, 5.41) is 10.7. The third-order valence-electron chi connectivity index (χ3n) is 20.2. The third-order valence-corrected chi connectivity index (χ3v) is 22.1. The number of carbonyl (C=O) groups excluding carboxylic acids is 4. The Morgan fingerprint density at radius 2 is 0.438 bits per heavy atom. The van der Waals surface area contributed by atoms with Gasteiger partial charge in [-0.2, -0.15) is 0 Å². The van der Waals surface area contributed by atoms with E-state index in [2.05, 4.69) is 41.5 Å². The Labute approximate surface area is 645 Å². The van der Waals surface area contributed by atoms with Gasteiger partial charge in [-0.15, -0.1) is 0 Å². The molecule has 17 nitrogen and oxygen atoms in total. The number of aliphatic hydroxyl groups excluding tert-OH is 1. The van der Waals surface area contributed by atoms with Gasteiger partial charge in [0.2, 0.25) is 0 Å². The second kappa shape index (κ2) is 77.4. The molecule has 5 atom stereocenters. The largest absolute Gasteiger partial charge is 0.472 e. The molecule has 0 fully saturated rings. The van der Waals surface area contributed by atoms with Crippen LogP contribution in [-0.2, 0) is 65.4 Å². The average Bonchev–Trinajstić information content (AvgIpc) is 0.939. The van der Waals surface area contributed by atoms with Crippen molar-refractivity contribution in [1.82, 2.24) is 0 Å². The molecule has 0 spiro atoms. The summed E-state index contributed by atoms with van der Waals surface area (Å²) in [7, 11) is -9.93. The van der Waals surface area contributed by atoms with Crippen LogP contribution in [-0.4, -0.2) is 96.7 Å². The SMILES string of the molecule is CCCCCCCCCCCCCCCCCCCCCCCCC(=O)O[C@H](COC(=O)CCCCCCCCCCCCCCCC(C)C)COP(=O)(O)OC[C@@H](O)COP(=O)(O)OC[C@@H](COC(=O)CCCCCCCCCCCCC)OC(=O)CCCCCCCCCCCCCCCC(C)C. The van der Waals surface area contributed by atoms with E-state index in [4.69, 9.17) is 37.0 Å². The van der Waals surface area contributed by atoms with E-state index in [1.165, 1.54) is 276 Å². The zero-order valence-corrected chi connectivity index (χ0v) is 70.8. The van der Waals surface area contributed by atoms with E-state index in [1.54, 1.807) is 0 Å². The minimum absolute atomic E-state index is 0.108. The quantitative estimate of drug-likeness (QED) is 0.0222. The van der Waals surface area contributed by atoms with Gasteiger partial charge < -0.3 is 33.8 Å². The molecule has 3 N–H and O–H groups in total. The molecular weight excluding hydrogens is 1370 g/mol. The number of hydrogen-bond donors (Lipinski definition) is 3. The van der Waals surface area contributed by atoms with Crippen molar-refractivity contribution in [2.45, 2.75) is 477 Å². The molecule has 0 aromatic carbocycles. The van der Waals surface area contributed by atoms with Gasteiger partial charge >= 0.3 is 39.5 Å². The molecule has 19 heteroatoms. The molecule has 0 saturated carbocycles. The number of aliphatic hydroxyl groups is 1. The van der Waals surface area contributed by atoms with Gasteiger partial charge in [-0.25, -0.2) is 9.13 Å². The van der Waals surface area contributed by atoms with E-state index in [9.17, 15) is 43.2 Å². The molecule has 0 aliphatic carbocycles. The number of esters is 4. The summed E-state index contributed by atoms with van der Waals surface area (Å²) in [5.74, 6) is -0.524. The second-order valence-electron chi connectivity index (χ2n) is 31.9. The molecule has 0 rings (SSSR count). The van der Waals surface area contributed by atoms with Crippen LogP contribution in [0, 0.1) is 11.8 Å². The van der Waals surface area contributed by atoms with Crippen molar-refractivity contribution in [1.29, 1.82) is 0 Å². The molecule has 105 heavy (non-hydrogen) atoms. The van der Waals surface area contributed by atoms with Crippen molar-refractivity contribution in [2.75, 3.05) is 39.6 Å². The van der Waals surface area contributed by atoms with E-state index >= 15 is 0 Å². The molecule has 0 aromatic rings. The number of ether oxygens (including phenoxy) is 4. The van der Waals surface area contributed by atoms with Crippen molar-refractivity contribution in [3.8, 4) is 0 Å². The van der Waals surface area contributed by atoms with Crippen molar-refractivity contribution in [2.24, 2.45) is 11.8 Å². The minimum atomic E-state index is -4.97. The van der Waals surface area contributed by atoms with Crippen LogP contribution in [0.2, 0.25) is 0 Å². The first-order valence-electron chi connectivity index (χ1n) is 44.5. The molecule has 0 aromatic heterocycles. The van der Waals surface area contributed by atoms with Crippen LogP contribution >= 0.6 is 15.6 Å². The van der Waals surface area contributed by atoms with Crippen LogP contribution in [0.3, 0.4) is 0 Å². The fourth-order valence-corrected chi connectivity index (χ4v) is 15.0. The number of phosphoric ester groups is 2. The van der Waals surface area contributed by atoms with E-state index in [0.29, 0.717) is 25.7 Å². The summed E-state index contributed by atoms with van der Waals surface area (Å²) in [6, 6.07) is 0. The lowest BCUT2D eigenvalue weighted by Crippen LogP contribution is -2.30. The van der Waals surface area contributed by atoms with Crippen molar-refractivity contribution < 1.29 is 80.2 Å². The molecule has 0 saturated heterocycles. The van der Waals surface area contributed by atoms with Gasteiger partial charge in [-0.3, -0.25) is 37.3 Å². The summed E-state index contributed by atoms with van der Waals surface area (Å²) >= 11 is 0. The van der Waals surface area contributed by atoms with Crippen LogP contribution < -0.4 is 0 Å². The van der Waals surface area contributed by atoms with Crippen molar-refractivity contribution in [3.63, 3.8) is 0 Å². The maximum absolute atomic E-state index is 13.1. The Kier molecular flexibility index (Phi) is 76.0. The zero-order valence-electron chi connectivity index (χ0n) is 69.0. The van der Waals surface area contributed by atoms with Crippen LogP contribution in [0.5, 0.6) is 0 Å². The van der Waals surface area contributed by atoms with Crippen LogP contribution in [0.25, 0.3) is 0 Å². The number of carbonyl (C=O) groups is 4. The molecule has 2 unspecified atom stereocenters. The van der Waals surface area contributed by atoms with Gasteiger partial charge in [0.1, 0.15) is 19.3 Å². The lowest BCUT2D eigenvalue weighted by atomic mass is 10.0. The van der Waals surface area contributed by atoms with Gasteiger partial charge in [0.25, 0.3) is 0 Å². The summed E-state index contributed by atoms with van der Waals surface area (Å²) in [5.41, 5.74) is 0. The van der Waals surface area contributed by atoms with E-state index < -0.39 is 97.5 Å². The maximum Gasteiger partial charge on any atom is 0.472 e. The second-order valence-corrected chi connectivity index (χ2v) is 34.8. The topological polar surface area (TPSA) is 237 Å². The summed E-state index contributed by atoms with van der Waals surface area (Å²) in [6.45, 7) is 9.70. The molecule has 0 aliphatic rings. The van der Waals surface area contributed by atoms with Crippen LogP contribution in [0.1, 0.15) is 459 Å². The minimum Gasteiger partial charge on any atom is -0.462 e. The Hall–Kier alpha value is -1.94. The highest BCUT2D eigenvalue weighted by Crippen LogP contribution is 2.45. The lowest BCUT2D eigenvalue weighted by molar-refractivity contribution is -0.161. The first kappa shape index (κ1) is 103. The predicted molar refractivity (Wildman–Crippen MR) is 432 cm³/mol. The van der Waals surface area contributed by atoms with E-state index in [-0.39, 0.29) is 25.7 Å². The Morgan fingerprint density at radius 1 is 0.257 bits per heavy atom. The number of hydrogen-bond acceptors (Lipinski definition) is 15. The van der Waals surface area contributed by atoms with Gasteiger partial charge in [0, 0.05) is 25.7 Å². The smallest absolute Gasteiger partial charge is 0.462 e. The third kappa shape index (κ3) is 79.9. The summed E-state index contributed by atoms with van der Waals surface area (Å²) in [6.07, 6.45) is 69.4. The van der Waals surface area contributed by atoms with Crippen LogP contribution in [0.15, 0.2) is 0 Å². The molecule has 624 valence electrons. The normalized spacial score (nSPS) is 13.8. The standard InChI is InChI=1S/C86H168O17P2/c1-7-9-11-13-15-17-19-20-21-22-23-24-25-26-27-28-33-40-46-52-58-64-70-85(90)103-82(75-97-84(89)69-63-57-51-45-39-34-29-31-37-42-48-54-60-66-78(3)4)77-101-105(94,95)99-73-80(87)72-98-104(92,93)100-76-81(74-96-83(88)68-62-56-50-44-36-18-16-14-12-10-8-2)102-86(91)71-65-59-53-47-41-35-30-32-38-43-49-55-61-67-79(5)6/h78-82,87H,7-77H2,1-6H3,(H,92,93)(H,94,95)/t80-,81+,82+/m0/s1. The molecule has 0 bridgehead atoms. The maximum atomic E-state index is 13.1. The number of unbranched alkanes of at least 4 members (excludes halogenated alkanes) is 55. The van der Waals surface area contributed by atoms with Gasteiger partial charge in [-0.1, -0.05) is 408 Å². The Bertz CT molecular complexity index is 2010. The molecule has 0 aliphatic heterocycles. The van der Waals surface area contributed by atoms with Gasteiger partial charge in [0.05, 0.1) is 26.4 Å². The number of phosphoric acid groups is 2. The first-order chi connectivity index (χ1) is 50.9. The number of rotatable bonds is 85. The summed E-state index contributed by atoms with van der Waals surface area (Å²) in [4.78, 5) is 73.2. The Morgan fingerprint density at radius 3 is 0.648 bits per heavy atom. The van der Waals surface area contributed by atoms with Crippen molar-refractivity contribution >= 4 is 39.5 Å². The molecule has 0 amide bonds. The van der Waals surface area contributed by atoms with E-state index in [0.717, 1.165) is 102 Å². The fraction of sp³-hybridized carbons (Fsp3) is 0.953. The molecule has 0 heterocycles. The summed E-state index contributed by atoms with van der Waals surface area (Å²) < 4.78 is 68.9. The highest BCUT2D eigenvalue weighted by Gasteiger charge is 2.30. The zero-order chi connectivity index (χ0) is 77.1. The van der Waals surface area contributed by atoms with Crippen molar-refractivity contribution in [3.05, 3.63) is 0 Å². The molecular formula is C86H168O17P2. The van der Waals surface area contributed by atoms with E-state index in [1.807, 2.05) is 0 Å². The van der Waals surface area contributed by atoms with Gasteiger partial charge in [-0.05, 0) is 37.5 Å². The first-order valence-corrected chi connectivity index (χ1v) is 47.5. The average molecular weight is 1540 g/mol.